The Labute approximate surface area is 196 Å². The Morgan fingerprint density at radius 3 is 2.56 bits per heavy atom. The van der Waals surface area contributed by atoms with E-state index in [9.17, 15) is 9.18 Å². The van der Waals surface area contributed by atoms with Crippen molar-refractivity contribution >= 4 is 28.7 Å². The van der Waals surface area contributed by atoms with E-state index in [0.717, 1.165) is 16.8 Å². The maximum atomic E-state index is 14.3. The predicted octanol–water partition coefficient (Wildman–Crippen LogP) is 3.74. The molecule has 0 bridgehead atoms. The number of fused-ring (bicyclic) bond motifs is 1. The number of nitrogens with one attached hydrogen (secondary N) is 2. The van der Waals surface area contributed by atoms with Crippen molar-refractivity contribution in [3.05, 3.63) is 71.7 Å². The number of pyridine rings is 1. The molecule has 0 atom stereocenters. The molecule has 6 N–H and O–H groups in total. The van der Waals surface area contributed by atoms with E-state index in [4.69, 9.17) is 21.2 Å². The topological polar surface area (TPSA) is 120 Å². The summed E-state index contributed by atoms with van der Waals surface area (Å²) < 4.78 is 21.7. The Bertz CT molecular complexity index is 1330. The molecule has 2 aromatic heterocycles. The van der Waals surface area contributed by atoms with Crippen LogP contribution in [-0.4, -0.2) is 35.0 Å². The zero-order chi connectivity index (χ0) is 24.2. The molecule has 2 aromatic carbocycles. The van der Waals surface area contributed by atoms with Gasteiger partial charge in [0, 0.05) is 30.7 Å². The number of imidazole rings is 1. The second kappa shape index (κ2) is 9.80. The second-order valence-corrected chi connectivity index (χ2v) is 7.93. The van der Waals surface area contributed by atoms with E-state index in [1.165, 1.54) is 12.3 Å². The molecule has 0 radical (unpaired) electrons. The lowest BCUT2D eigenvalue weighted by Gasteiger charge is -2.18. The summed E-state index contributed by atoms with van der Waals surface area (Å²) in [5, 5.41) is 6.75. The van der Waals surface area contributed by atoms with Crippen molar-refractivity contribution in [3.8, 4) is 17.0 Å². The number of aryl methyl sites for hydroxylation is 2. The van der Waals surface area contributed by atoms with Crippen molar-refractivity contribution < 1.29 is 13.9 Å². The molecular formula is C25H27FN6O2. The summed E-state index contributed by atoms with van der Waals surface area (Å²) in [5.74, 6) is -0.0370. The highest BCUT2D eigenvalue weighted by Crippen LogP contribution is 2.42. The Morgan fingerprint density at radius 2 is 1.85 bits per heavy atom. The summed E-state index contributed by atoms with van der Waals surface area (Å²) in [5.41, 5.74) is 16.4. The van der Waals surface area contributed by atoms with E-state index in [1.54, 1.807) is 22.6 Å². The molecule has 9 heteroatoms. The number of carbonyl (C=O) groups is 1. The van der Waals surface area contributed by atoms with Gasteiger partial charge in [-0.3, -0.25) is 9.20 Å². The maximum absolute atomic E-state index is 14.3. The molecule has 2 heterocycles. The molecule has 8 nitrogen and oxygen atoms in total. The first-order valence-electron chi connectivity index (χ1n) is 10.9. The number of nitrogens with zero attached hydrogens (tertiary/aromatic N) is 2. The van der Waals surface area contributed by atoms with Crippen molar-refractivity contribution in [2.75, 3.05) is 30.3 Å². The molecule has 0 aliphatic rings. The van der Waals surface area contributed by atoms with Crippen LogP contribution in [0.15, 0.2) is 54.7 Å². The number of para-hydroxylation sites is 1. The van der Waals surface area contributed by atoms with Crippen LogP contribution in [0.25, 0.3) is 16.9 Å². The van der Waals surface area contributed by atoms with Gasteiger partial charge in [0.2, 0.25) is 0 Å². The Kier molecular flexibility index (Phi) is 6.65. The number of aromatic nitrogens is 2. The van der Waals surface area contributed by atoms with E-state index in [1.807, 2.05) is 38.1 Å². The fraction of sp³-hybridized carbons (Fsp3) is 0.200. The lowest BCUT2D eigenvalue weighted by molar-refractivity contribution is -0.119. The van der Waals surface area contributed by atoms with E-state index in [-0.39, 0.29) is 6.61 Å². The zero-order valence-electron chi connectivity index (χ0n) is 19.1. The van der Waals surface area contributed by atoms with E-state index < -0.39 is 11.7 Å². The highest BCUT2D eigenvalue weighted by Gasteiger charge is 2.23. The molecule has 0 saturated heterocycles. The van der Waals surface area contributed by atoms with Crippen LogP contribution in [0.3, 0.4) is 0 Å². The summed E-state index contributed by atoms with van der Waals surface area (Å²) in [7, 11) is 0. The van der Waals surface area contributed by atoms with Crippen molar-refractivity contribution in [1.82, 2.24) is 9.38 Å². The molecule has 0 fully saturated rings. The first-order chi connectivity index (χ1) is 16.4. The van der Waals surface area contributed by atoms with Crippen LogP contribution < -0.4 is 26.8 Å². The average molecular weight is 463 g/mol. The number of rotatable bonds is 9. The molecule has 34 heavy (non-hydrogen) atoms. The van der Waals surface area contributed by atoms with Gasteiger partial charge in [0.05, 0.1) is 5.56 Å². The van der Waals surface area contributed by atoms with Crippen LogP contribution in [0.4, 0.5) is 21.6 Å². The van der Waals surface area contributed by atoms with E-state index >= 15 is 0 Å². The smallest absolute Gasteiger partial charge is 0.255 e. The van der Waals surface area contributed by atoms with Crippen LogP contribution in [0.1, 0.15) is 11.1 Å². The van der Waals surface area contributed by atoms with Crippen molar-refractivity contribution in [2.45, 2.75) is 13.8 Å². The highest BCUT2D eigenvalue weighted by molar-refractivity contribution is 5.91. The molecule has 0 unspecified atom stereocenters. The van der Waals surface area contributed by atoms with Crippen molar-refractivity contribution in [1.29, 1.82) is 0 Å². The number of anilines is 3. The van der Waals surface area contributed by atoms with Crippen LogP contribution in [-0.2, 0) is 4.79 Å². The summed E-state index contributed by atoms with van der Waals surface area (Å²) >= 11 is 0. The Balaban J connectivity index is 1.97. The maximum Gasteiger partial charge on any atom is 0.255 e. The molecule has 0 saturated carbocycles. The van der Waals surface area contributed by atoms with Gasteiger partial charge in [-0.2, -0.15) is 0 Å². The quantitative estimate of drug-likeness (QED) is 0.301. The molecule has 0 aliphatic carbocycles. The van der Waals surface area contributed by atoms with Gasteiger partial charge in [-0.1, -0.05) is 24.3 Å². The standard InChI is InChI=1S/C25H27FN6O2/c1-15-5-3-6-16(2)23(15)31-25-24(30-21-10-9-17(26)13-32(21)25)22-18(29-12-11-27)7-4-8-19(22)34-14-20(28)33/h3-10,13,29,31H,11-12,14,27H2,1-2H3,(H2,28,33). The molecule has 1 amide bonds. The first-order valence-corrected chi connectivity index (χ1v) is 10.9. The second-order valence-electron chi connectivity index (χ2n) is 7.93. The number of nitrogens with two attached hydrogens (primary N) is 2. The minimum atomic E-state index is -0.600. The van der Waals surface area contributed by atoms with Gasteiger partial charge in [0.1, 0.15) is 28.7 Å². The van der Waals surface area contributed by atoms with Gasteiger partial charge in [-0.05, 0) is 49.2 Å². The summed E-state index contributed by atoms with van der Waals surface area (Å²) in [6, 6.07) is 14.3. The number of benzene rings is 2. The van der Waals surface area contributed by atoms with Gasteiger partial charge in [0.15, 0.2) is 6.61 Å². The van der Waals surface area contributed by atoms with Gasteiger partial charge < -0.3 is 26.8 Å². The van der Waals surface area contributed by atoms with Gasteiger partial charge in [-0.15, -0.1) is 0 Å². The van der Waals surface area contributed by atoms with Crippen LogP contribution in [0.2, 0.25) is 0 Å². The third-order valence-corrected chi connectivity index (χ3v) is 5.40. The lowest BCUT2D eigenvalue weighted by Crippen LogP contribution is -2.20. The number of halogens is 1. The highest BCUT2D eigenvalue weighted by atomic mass is 19.1. The fourth-order valence-corrected chi connectivity index (χ4v) is 3.84. The van der Waals surface area contributed by atoms with Gasteiger partial charge >= 0.3 is 0 Å². The first kappa shape index (κ1) is 23.1. The molecule has 0 aliphatic heterocycles. The Hall–Kier alpha value is -4.11. The normalized spacial score (nSPS) is 10.9. The van der Waals surface area contributed by atoms with E-state index in [2.05, 4.69) is 10.6 Å². The number of hydrogen-bond donors (Lipinski definition) is 4. The zero-order valence-corrected chi connectivity index (χ0v) is 19.1. The summed E-state index contributed by atoms with van der Waals surface area (Å²) in [6.07, 6.45) is 1.38. The number of primary amides is 1. The SMILES string of the molecule is Cc1cccc(C)c1Nc1c(-c2c(NCCN)cccc2OCC(N)=O)nc2ccc(F)cn12. The molecule has 176 valence electrons. The molecule has 4 rings (SSSR count). The molecule has 0 spiro atoms. The van der Waals surface area contributed by atoms with Crippen molar-refractivity contribution in [2.24, 2.45) is 11.5 Å². The van der Waals surface area contributed by atoms with Crippen molar-refractivity contribution in [3.63, 3.8) is 0 Å². The molecule has 4 aromatic rings. The number of carbonyl (C=O) groups excluding carboxylic acids is 1. The fourth-order valence-electron chi connectivity index (χ4n) is 3.84. The van der Waals surface area contributed by atoms with Gasteiger partial charge in [-0.25, -0.2) is 9.37 Å². The summed E-state index contributed by atoms with van der Waals surface area (Å²) in [4.78, 5) is 16.2. The lowest BCUT2D eigenvalue weighted by atomic mass is 10.1. The average Bonchev–Trinajstić information content (AvgIpc) is 3.15. The molecular weight excluding hydrogens is 435 g/mol. The number of ether oxygens (including phenoxy) is 1. The Morgan fingerprint density at radius 1 is 1.12 bits per heavy atom. The van der Waals surface area contributed by atoms with E-state index in [0.29, 0.717) is 47.2 Å². The monoisotopic (exact) mass is 462 g/mol. The van der Waals surface area contributed by atoms with Crippen LogP contribution >= 0.6 is 0 Å². The third kappa shape index (κ3) is 4.65. The third-order valence-electron chi connectivity index (χ3n) is 5.40. The van der Waals surface area contributed by atoms with Crippen LogP contribution in [0, 0.1) is 19.7 Å². The van der Waals surface area contributed by atoms with Crippen LogP contribution in [0.5, 0.6) is 5.75 Å². The minimum absolute atomic E-state index is 0.297. The number of amides is 1. The summed E-state index contributed by atoms with van der Waals surface area (Å²) in [6.45, 7) is 4.62. The number of hydrogen-bond acceptors (Lipinski definition) is 6. The predicted molar refractivity (Wildman–Crippen MR) is 132 cm³/mol. The largest absolute Gasteiger partial charge is 0.483 e. The minimum Gasteiger partial charge on any atom is -0.483 e. The van der Waals surface area contributed by atoms with Gasteiger partial charge in [0.25, 0.3) is 5.91 Å².